The van der Waals surface area contributed by atoms with Gasteiger partial charge >= 0.3 is 0 Å². The van der Waals surface area contributed by atoms with Crippen LogP contribution in [0.1, 0.15) is 46.5 Å². The molecule has 0 saturated carbocycles. The van der Waals surface area contributed by atoms with Crippen LogP contribution >= 0.6 is 0 Å². The van der Waals surface area contributed by atoms with Gasteiger partial charge in [0, 0.05) is 25.1 Å². The van der Waals surface area contributed by atoms with Crippen molar-refractivity contribution in [3.8, 4) is 0 Å². The van der Waals surface area contributed by atoms with Gasteiger partial charge in [0.1, 0.15) is 0 Å². The minimum atomic E-state index is -0.101. The molecule has 4 nitrogen and oxygen atoms in total. The number of carbonyl (C=O) groups excluding carboxylic acids is 1. The maximum absolute atomic E-state index is 11.8. The third kappa shape index (κ3) is 3.68. The number of hydrogen-bond donors (Lipinski definition) is 2. The van der Waals surface area contributed by atoms with Gasteiger partial charge in [-0.3, -0.25) is 4.79 Å². The lowest BCUT2D eigenvalue weighted by molar-refractivity contribution is -0.129. The molecule has 1 saturated heterocycles. The van der Waals surface area contributed by atoms with Crippen LogP contribution in [0, 0.1) is 5.92 Å². The lowest BCUT2D eigenvalue weighted by Gasteiger charge is -2.40. The minimum Gasteiger partial charge on any atom is -0.375 e. The van der Waals surface area contributed by atoms with Gasteiger partial charge in [-0.2, -0.15) is 0 Å². The predicted octanol–water partition coefficient (Wildman–Crippen LogP) is 1.44. The summed E-state index contributed by atoms with van der Waals surface area (Å²) in [4.78, 5) is 11.8. The number of nitrogens with two attached hydrogens (primary N) is 1. The SMILES string of the molecule is CCC1(CC)CC(NC(=O)C(C)CN)CCO1. The molecule has 1 rings (SSSR count). The van der Waals surface area contributed by atoms with Gasteiger partial charge in [-0.25, -0.2) is 0 Å². The molecule has 1 aliphatic rings. The Morgan fingerprint density at radius 2 is 2.18 bits per heavy atom. The molecule has 1 aliphatic heterocycles. The second kappa shape index (κ2) is 6.36. The Labute approximate surface area is 104 Å². The first kappa shape index (κ1) is 14.5. The number of nitrogens with one attached hydrogen (secondary N) is 1. The van der Waals surface area contributed by atoms with Crippen molar-refractivity contribution >= 4 is 5.91 Å². The molecule has 0 spiro atoms. The lowest BCUT2D eigenvalue weighted by atomic mass is 9.85. The summed E-state index contributed by atoms with van der Waals surface area (Å²) in [7, 11) is 0. The van der Waals surface area contributed by atoms with Crippen LogP contribution in [-0.4, -0.2) is 30.7 Å². The van der Waals surface area contributed by atoms with Crippen LogP contribution in [0.2, 0.25) is 0 Å². The maximum Gasteiger partial charge on any atom is 0.224 e. The molecule has 0 aliphatic carbocycles. The fourth-order valence-electron chi connectivity index (χ4n) is 2.34. The van der Waals surface area contributed by atoms with Crippen LogP contribution in [0.15, 0.2) is 0 Å². The van der Waals surface area contributed by atoms with E-state index in [-0.39, 0.29) is 23.5 Å². The number of rotatable bonds is 5. The molecule has 17 heavy (non-hydrogen) atoms. The van der Waals surface area contributed by atoms with E-state index in [0.29, 0.717) is 6.54 Å². The molecule has 0 aromatic rings. The minimum absolute atomic E-state index is 0.0395. The van der Waals surface area contributed by atoms with Crippen LogP contribution in [0.4, 0.5) is 0 Å². The number of hydrogen-bond acceptors (Lipinski definition) is 3. The summed E-state index contributed by atoms with van der Waals surface area (Å²) < 4.78 is 5.89. The highest BCUT2D eigenvalue weighted by molar-refractivity contribution is 5.78. The van der Waals surface area contributed by atoms with Gasteiger partial charge in [0.15, 0.2) is 0 Å². The highest BCUT2D eigenvalue weighted by Crippen LogP contribution is 2.31. The summed E-state index contributed by atoms with van der Waals surface area (Å²) in [6, 6.07) is 0.241. The van der Waals surface area contributed by atoms with Crippen molar-refractivity contribution in [3.05, 3.63) is 0 Å². The van der Waals surface area contributed by atoms with E-state index >= 15 is 0 Å². The Bertz CT molecular complexity index is 252. The standard InChI is InChI=1S/C13H26N2O2/c1-4-13(5-2)8-11(6-7-17-13)15-12(16)10(3)9-14/h10-11H,4-9,14H2,1-3H3,(H,15,16). The molecular weight excluding hydrogens is 216 g/mol. The Balaban J connectivity index is 2.52. The molecule has 3 N–H and O–H groups in total. The number of amides is 1. The fourth-order valence-corrected chi connectivity index (χ4v) is 2.34. The topological polar surface area (TPSA) is 64.4 Å². The predicted molar refractivity (Wildman–Crippen MR) is 68.6 cm³/mol. The zero-order chi connectivity index (χ0) is 12.9. The van der Waals surface area contributed by atoms with Crippen molar-refractivity contribution in [2.75, 3.05) is 13.2 Å². The zero-order valence-electron chi connectivity index (χ0n) is 11.3. The van der Waals surface area contributed by atoms with Gasteiger partial charge in [0.25, 0.3) is 0 Å². The van der Waals surface area contributed by atoms with Crippen molar-refractivity contribution in [1.29, 1.82) is 0 Å². The highest BCUT2D eigenvalue weighted by Gasteiger charge is 2.35. The summed E-state index contributed by atoms with van der Waals surface area (Å²) in [6.45, 7) is 7.30. The number of ether oxygens (including phenoxy) is 1. The van der Waals surface area contributed by atoms with Gasteiger partial charge in [0.2, 0.25) is 5.91 Å². The average Bonchev–Trinajstić information content (AvgIpc) is 2.37. The molecule has 2 atom stereocenters. The van der Waals surface area contributed by atoms with Crippen LogP contribution in [0.5, 0.6) is 0 Å². The van der Waals surface area contributed by atoms with Crippen LogP contribution in [0.3, 0.4) is 0 Å². The quantitative estimate of drug-likeness (QED) is 0.766. The Hall–Kier alpha value is -0.610. The summed E-state index contributed by atoms with van der Waals surface area (Å²) in [5, 5.41) is 3.09. The first-order valence-electron chi connectivity index (χ1n) is 6.71. The summed E-state index contributed by atoms with van der Waals surface area (Å²) in [5.74, 6) is -0.0315. The van der Waals surface area contributed by atoms with Gasteiger partial charge in [-0.15, -0.1) is 0 Å². The highest BCUT2D eigenvalue weighted by atomic mass is 16.5. The normalized spacial score (nSPS) is 25.3. The average molecular weight is 242 g/mol. The van der Waals surface area contributed by atoms with E-state index in [2.05, 4.69) is 19.2 Å². The van der Waals surface area contributed by atoms with Crippen molar-refractivity contribution in [2.24, 2.45) is 11.7 Å². The van der Waals surface area contributed by atoms with Crippen molar-refractivity contribution < 1.29 is 9.53 Å². The number of carbonyl (C=O) groups is 1. The first-order chi connectivity index (χ1) is 8.06. The summed E-state index contributed by atoms with van der Waals surface area (Å²) in [6.07, 6.45) is 3.83. The van der Waals surface area contributed by atoms with Crippen LogP contribution in [0.25, 0.3) is 0 Å². The second-order valence-corrected chi connectivity index (χ2v) is 5.07. The third-order valence-electron chi connectivity index (χ3n) is 3.93. The monoisotopic (exact) mass is 242 g/mol. The molecule has 0 aromatic carbocycles. The molecule has 1 amide bonds. The van der Waals surface area contributed by atoms with Gasteiger partial charge in [0.05, 0.1) is 5.60 Å². The fraction of sp³-hybridized carbons (Fsp3) is 0.923. The van der Waals surface area contributed by atoms with Crippen LogP contribution < -0.4 is 11.1 Å². The van der Waals surface area contributed by atoms with E-state index in [1.165, 1.54) is 0 Å². The van der Waals surface area contributed by atoms with E-state index in [1.807, 2.05) is 6.92 Å². The molecule has 100 valence electrons. The molecule has 1 fully saturated rings. The van der Waals surface area contributed by atoms with E-state index in [4.69, 9.17) is 10.5 Å². The van der Waals surface area contributed by atoms with E-state index in [9.17, 15) is 4.79 Å². The Morgan fingerprint density at radius 3 is 2.71 bits per heavy atom. The molecule has 0 bridgehead atoms. The molecule has 0 radical (unpaired) electrons. The summed E-state index contributed by atoms with van der Waals surface area (Å²) in [5.41, 5.74) is 5.46. The molecule has 0 aromatic heterocycles. The van der Waals surface area contributed by atoms with Gasteiger partial charge < -0.3 is 15.8 Å². The Kier molecular flexibility index (Phi) is 5.40. The van der Waals surface area contributed by atoms with Gasteiger partial charge in [-0.1, -0.05) is 20.8 Å². The second-order valence-electron chi connectivity index (χ2n) is 5.07. The smallest absolute Gasteiger partial charge is 0.224 e. The lowest BCUT2D eigenvalue weighted by Crippen LogP contribution is -2.49. The summed E-state index contributed by atoms with van der Waals surface area (Å²) >= 11 is 0. The van der Waals surface area contributed by atoms with Crippen molar-refractivity contribution in [1.82, 2.24) is 5.32 Å². The van der Waals surface area contributed by atoms with Gasteiger partial charge in [-0.05, 0) is 25.7 Å². The Morgan fingerprint density at radius 1 is 1.53 bits per heavy atom. The molecule has 4 heteroatoms. The molecular formula is C13H26N2O2. The van der Waals surface area contributed by atoms with E-state index < -0.39 is 0 Å². The van der Waals surface area contributed by atoms with Crippen molar-refractivity contribution in [2.45, 2.75) is 58.1 Å². The molecule has 2 unspecified atom stereocenters. The van der Waals surface area contributed by atoms with Crippen molar-refractivity contribution in [3.63, 3.8) is 0 Å². The largest absolute Gasteiger partial charge is 0.375 e. The van der Waals surface area contributed by atoms with E-state index in [1.54, 1.807) is 0 Å². The maximum atomic E-state index is 11.8. The third-order valence-corrected chi connectivity index (χ3v) is 3.93. The van der Waals surface area contributed by atoms with E-state index in [0.717, 1.165) is 32.3 Å². The molecule has 1 heterocycles. The first-order valence-corrected chi connectivity index (χ1v) is 6.71. The van der Waals surface area contributed by atoms with Crippen LogP contribution in [-0.2, 0) is 9.53 Å². The zero-order valence-corrected chi connectivity index (χ0v) is 11.3.